The van der Waals surface area contributed by atoms with E-state index in [4.69, 9.17) is 10.5 Å². The van der Waals surface area contributed by atoms with Crippen LogP contribution in [0.5, 0.6) is 0 Å². The van der Waals surface area contributed by atoms with Crippen LogP contribution in [0, 0.1) is 0 Å². The second kappa shape index (κ2) is 6.27. The van der Waals surface area contributed by atoms with Crippen LogP contribution in [0.3, 0.4) is 0 Å². The van der Waals surface area contributed by atoms with Crippen LogP contribution in [0.25, 0.3) is 0 Å². The van der Waals surface area contributed by atoms with Crippen LogP contribution >= 0.6 is 0 Å². The van der Waals surface area contributed by atoms with E-state index in [1.54, 1.807) is 0 Å². The Hall–Kier alpha value is -0.970. The van der Waals surface area contributed by atoms with Gasteiger partial charge in [-0.25, -0.2) is 4.39 Å². The molecule has 3 nitrogen and oxygen atoms in total. The second-order valence-corrected chi connectivity index (χ2v) is 4.82. The van der Waals surface area contributed by atoms with Gasteiger partial charge < -0.3 is 15.6 Å². The lowest BCUT2D eigenvalue weighted by Crippen LogP contribution is -2.30. The third kappa shape index (κ3) is 3.07. The summed E-state index contributed by atoms with van der Waals surface area (Å²) in [5, 5.41) is 9.81. The SMILES string of the molecule is N[C@H](CF)[C@H](O)c1ccc(C2CCOCC2)cc1. The van der Waals surface area contributed by atoms with Crippen molar-refractivity contribution < 1.29 is 14.2 Å². The Bertz CT molecular complexity index is 342. The fourth-order valence-corrected chi connectivity index (χ4v) is 2.33. The van der Waals surface area contributed by atoms with E-state index in [1.165, 1.54) is 5.56 Å². The maximum atomic E-state index is 12.4. The smallest absolute Gasteiger partial charge is 0.107 e. The standard InChI is InChI=1S/C14H20FNO2/c15-9-13(16)14(17)12-3-1-10(2-4-12)11-5-7-18-8-6-11/h1-4,11,13-14,17H,5-9,16H2/t13-,14-/m1/s1. The first-order valence-electron chi connectivity index (χ1n) is 6.39. The van der Waals surface area contributed by atoms with Crippen LogP contribution < -0.4 is 5.73 Å². The van der Waals surface area contributed by atoms with Crippen molar-refractivity contribution in [1.29, 1.82) is 0 Å². The summed E-state index contributed by atoms with van der Waals surface area (Å²) in [7, 11) is 0. The highest BCUT2D eigenvalue weighted by atomic mass is 19.1. The van der Waals surface area contributed by atoms with Crippen molar-refractivity contribution in [3.8, 4) is 0 Å². The molecule has 18 heavy (non-hydrogen) atoms. The van der Waals surface area contributed by atoms with E-state index < -0.39 is 18.8 Å². The molecule has 0 aliphatic carbocycles. The predicted octanol–water partition coefficient (Wildman–Crippen LogP) is 1.91. The summed E-state index contributed by atoms with van der Waals surface area (Å²) >= 11 is 0. The third-order valence-corrected chi connectivity index (χ3v) is 3.55. The van der Waals surface area contributed by atoms with Crippen LogP contribution in [0.4, 0.5) is 4.39 Å². The summed E-state index contributed by atoms with van der Waals surface area (Å²) in [6.45, 7) is 0.895. The fourth-order valence-electron chi connectivity index (χ4n) is 2.33. The van der Waals surface area contributed by atoms with Crippen LogP contribution in [0.15, 0.2) is 24.3 Å². The van der Waals surface area contributed by atoms with Crippen molar-refractivity contribution in [3.05, 3.63) is 35.4 Å². The molecule has 2 rings (SSSR count). The minimum Gasteiger partial charge on any atom is -0.387 e. The summed E-state index contributed by atoms with van der Waals surface area (Å²) in [6.07, 6.45) is 1.14. The van der Waals surface area contributed by atoms with Gasteiger partial charge in [0.1, 0.15) is 6.67 Å². The van der Waals surface area contributed by atoms with Gasteiger partial charge in [0, 0.05) is 13.2 Å². The second-order valence-electron chi connectivity index (χ2n) is 4.82. The van der Waals surface area contributed by atoms with Gasteiger partial charge in [-0.1, -0.05) is 24.3 Å². The number of benzene rings is 1. The number of alkyl halides is 1. The summed E-state index contributed by atoms with van der Waals surface area (Å²) in [4.78, 5) is 0. The lowest BCUT2D eigenvalue weighted by molar-refractivity contribution is 0.0853. The van der Waals surface area contributed by atoms with E-state index in [9.17, 15) is 9.50 Å². The van der Waals surface area contributed by atoms with Crippen LogP contribution in [-0.2, 0) is 4.74 Å². The average molecular weight is 253 g/mol. The number of ether oxygens (including phenoxy) is 1. The largest absolute Gasteiger partial charge is 0.387 e. The Balaban J connectivity index is 2.04. The van der Waals surface area contributed by atoms with E-state index >= 15 is 0 Å². The zero-order chi connectivity index (χ0) is 13.0. The maximum absolute atomic E-state index is 12.4. The molecule has 0 saturated carbocycles. The number of aliphatic hydroxyl groups is 1. The molecule has 1 aliphatic rings. The van der Waals surface area contributed by atoms with E-state index in [0.717, 1.165) is 26.1 Å². The maximum Gasteiger partial charge on any atom is 0.107 e. The Morgan fingerprint density at radius 2 is 1.89 bits per heavy atom. The number of halogens is 1. The molecule has 2 atom stereocenters. The molecule has 0 bridgehead atoms. The molecule has 1 saturated heterocycles. The van der Waals surface area contributed by atoms with Gasteiger partial charge in [0.05, 0.1) is 12.1 Å². The lowest BCUT2D eigenvalue weighted by atomic mass is 9.90. The predicted molar refractivity (Wildman–Crippen MR) is 68.1 cm³/mol. The van der Waals surface area contributed by atoms with Crippen LogP contribution in [0.1, 0.15) is 36.0 Å². The van der Waals surface area contributed by atoms with Gasteiger partial charge in [-0.05, 0) is 29.9 Å². The molecule has 0 unspecified atom stereocenters. The third-order valence-electron chi connectivity index (χ3n) is 3.55. The van der Waals surface area contributed by atoms with Crippen molar-refractivity contribution in [2.45, 2.75) is 30.9 Å². The molecule has 100 valence electrons. The zero-order valence-corrected chi connectivity index (χ0v) is 10.4. The molecule has 1 heterocycles. The molecular formula is C14H20FNO2. The molecule has 1 fully saturated rings. The number of rotatable bonds is 4. The highest BCUT2D eigenvalue weighted by Crippen LogP contribution is 2.28. The summed E-state index contributed by atoms with van der Waals surface area (Å²) in [5.41, 5.74) is 7.42. The van der Waals surface area contributed by atoms with Gasteiger partial charge in [0.2, 0.25) is 0 Å². The summed E-state index contributed by atoms with van der Waals surface area (Å²) in [5.74, 6) is 0.528. The molecule has 0 spiro atoms. The molecule has 0 radical (unpaired) electrons. The molecule has 3 N–H and O–H groups in total. The first-order valence-corrected chi connectivity index (χ1v) is 6.39. The topological polar surface area (TPSA) is 55.5 Å². The molecule has 0 amide bonds. The van der Waals surface area contributed by atoms with Crippen molar-refractivity contribution in [2.75, 3.05) is 19.9 Å². The quantitative estimate of drug-likeness (QED) is 0.862. The minimum absolute atomic E-state index is 0.528. The Morgan fingerprint density at radius 3 is 2.44 bits per heavy atom. The van der Waals surface area contributed by atoms with Gasteiger partial charge in [0.15, 0.2) is 0 Å². The van der Waals surface area contributed by atoms with E-state index in [-0.39, 0.29) is 0 Å². The molecular weight excluding hydrogens is 233 g/mol. The van der Waals surface area contributed by atoms with Crippen molar-refractivity contribution in [3.63, 3.8) is 0 Å². The Morgan fingerprint density at radius 1 is 1.28 bits per heavy atom. The Labute approximate surface area is 107 Å². The van der Waals surface area contributed by atoms with E-state index in [2.05, 4.69) is 0 Å². The first kappa shape index (κ1) is 13.5. The molecule has 1 aliphatic heterocycles. The van der Waals surface area contributed by atoms with Crippen LogP contribution in [-0.4, -0.2) is 31.0 Å². The summed E-state index contributed by atoms with van der Waals surface area (Å²) < 4.78 is 17.7. The molecule has 4 heteroatoms. The van der Waals surface area contributed by atoms with Gasteiger partial charge in [-0.3, -0.25) is 0 Å². The van der Waals surface area contributed by atoms with Gasteiger partial charge in [0.25, 0.3) is 0 Å². The van der Waals surface area contributed by atoms with Crippen LogP contribution in [0.2, 0.25) is 0 Å². The normalized spacial score (nSPS) is 20.6. The van der Waals surface area contributed by atoms with Gasteiger partial charge in [-0.2, -0.15) is 0 Å². The van der Waals surface area contributed by atoms with Crippen molar-refractivity contribution in [2.24, 2.45) is 5.73 Å². The molecule has 1 aromatic carbocycles. The van der Waals surface area contributed by atoms with E-state index in [0.29, 0.717) is 11.5 Å². The van der Waals surface area contributed by atoms with Gasteiger partial charge in [-0.15, -0.1) is 0 Å². The molecule has 0 aromatic heterocycles. The Kier molecular flexibility index (Phi) is 4.69. The first-order chi connectivity index (χ1) is 8.72. The number of aliphatic hydroxyl groups excluding tert-OH is 1. The number of hydrogen-bond donors (Lipinski definition) is 2. The fraction of sp³-hybridized carbons (Fsp3) is 0.571. The van der Waals surface area contributed by atoms with Crippen molar-refractivity contribution in [1.82, 2.24) is 0 Å². The van der Waals surface area contributed by atoms with Crippen molar-refractivity contribution >= 4 is 0 Å². The summed E-state index contributed by atoms with van der Waals surface area (Å²) in [6, 6.07) is 6.83. The number of hydrogen-bond acceptors (Lipinski definition) is 3. The minimum atomic E-state index is -0.932. The number of nitrogens with two attached hydrogens (primary N) is 1. The highest BCUT2D eigenvalue weighted by molar-refractivity contribution is 5.27. The van der Waals surface area contributed by atoms with E-state index in [1.807, 2.05) is 24.3 Å². The zero-order valence-electron chi connectivity index (χ0n) is 10.4. The lowest BCUT2D eigenvalue weighted by Gasteiger charge is -2.23. The van der Waals surface area contributed by atoms with Gasteiger partial charge >= 0.3 is 0 Å². The monoisotopic (exact) mass is 253 g/mol. The molecule has 1 aromatic rings. The highest BCUT2D eigenvalue weighted by Gasteiger charge is 2.19. The average Bonchev–Trinajstić information content (AvgIpc) is 2.47.